The van der Waals surface area contributed by atoms with Gasteiger partial charge in [0.25, 0.3) is 0 Å². The minimum absolute atomic E-state index is 0.0000708. The first-order valence-electron chi connectivity index (χ1n) is 14.5. The van der Waals surface area contributed by atoms with Gasteiger partial charge in [-0.3, -0.25) is 14.4 Å². The summed E-state index contributed by atoms with van der Waals surface area (Å²) in [5.74, 6) is -1.08. The van der Waals surface area contributed by atoms with Crippen molar-refractivity contribution in [3.8, 4) is 11.1 Å². The van der Waals surface area contributed by atoms with Crippen molar-refractivity contribution in [2.24, 2.45) is 23.5 Å². The van der Waals surface area contributed by atoms with E-state index in [0.717, 1.165) is 24.0 Å². The highest BCUT2D eigenvalue weighted by molar-refractivity contribution is 5.93. The number of nitrogens with two attached hydrogens (primary N) is 1. The molecular formula is C32H41N3O5. The van der Waals surface area contributed by atoms with Crippen molar-refractivity contribution >= 4 is 23.7 Å². The molecule has 8 heteroatoms. The van der Waals surface area contributed by atoms with Gasteiger partial charge in [0, 0.05) is 30.7 Å². The summed E-state index contributed by atoms with van der Waals surface area (Å²) in [6, 6.07) is 15.7. The molecule has 1 fully saturated rings. The minimum Gasteiger partial charge on any atom is -0.449 e. The maximum atomic E-state index is 13.1. The van der Waals surface area contributed by atoms with Crippen molar-refractivity contribution < 1.29 is 23.9 Å². The highest BCUT2D eigenvalue weighted by Gasteiger charge is 2.33. The van der Waals surface area contributed by atoms with Crippen molar-refractivity contribution in [2.75, 3.05) is 13.2 Å². The number of hydrogen-bond donors (Lipinski definition) is 3. The van der Waals surface area contributed by atoms with E-state index >= 15 is 0 Å². The largest absolute Gasteiger partial charge is 0.449 e. The molecule has 0 radical (unpaired) electrons. The quantitative estimate of drug-likeness (QED) is 0.279. The van der Waals surface area contributed by atoms with Crippen LogP contribution in [0, 0.1) is 17.8 Å². The van der Waals surface area contributed by atoms with Crippen molar-refractivity contribution in [2.45, 2.75) is 70.8 Å². The molecule has 40 heavy (non-hydrogen) atoms. The summed E-state index contributed by atoms with van der Waals surface area (Å²) < 4.78 is 5.58. The van der Waals surface area contributed by atoms with Crippen LogP contribution in [0.4, 0.5) is 4.79 Å². The van der Waals surface area contributed by atoms with Crippen LogP contribution in [-0.2, 0) is 19.1 Å². The van der Waals surface area contributed by atoms with Crippen LogP contribution < -0.4 is 16.4 Å². The number of hydrogen-bond acceptors (Lipinski definition) is 5. The lowest BCUT2D eigenvalue weighted by Crippen LogP contribution is -2.43. The lowest BCUT2D eigenvalue weighted by molar-refractivity contribution is -0.131. The van der Waals surface area contributed by atoms with Gasteiger partial charge in [-0.15, -0.1) is 0 Å². The van der Waals surface area contributed by atoms with Gasteiger partial charge in [-0.25, -0.2) is 4.79 Å². The highest BCUT2D eigenvalue weighted by Crippen LogP contribution is 2.44. The maximum Gasteiger partial charge on any atom is 0.407 e. The summed E-state index contributed by atoms with van der Waals surface area (Å²) in [7, 11) is 0. The van der Waals surface area contributed by atoms with Gasteiger partial charge in [-0.05, 0) is 66.7 Å². The molecular weight excluding hydrogens is 506 g/mol. The Morgan fingerprint density at radius 3 is 2.15 bits per heavy atom. The molecule has 0 spiro atoms. The van der Waals surface area contributed by atoms with Crippen LogP contribution in [0.25, 0.3) is 11.1 Å². The second-order valence-electron chi connectivity index (χ2n) is 11.5. The first-order chi connectivity index (χ1) is 19.2. The van der Waals surface area contributed by atoms with E-state index in [0.29, 0.717) is 32.2 Å². The van der Waals surface area contributed by atoms with Gasteiger partial charge < -0.3 is 21.1 Å². The monoisotopic (exact) mass is 547 g/mol. The van der Waals surface area contributed by atoms with Gasteiger partial charge in [0.1, 0.15) is 6.61 Å². The lowest BCUT2D eigenvalue weighted by Gasteiger charge is -2.21. The second kappa shape index (κ2) is 13.6. The number of ether oxygens (including phenoxy) is 1. The summed E-state index contributed by atoms with van der Waals surface area (Å²) in [5, 5.41) is 5.69. The second-order valence-corrected chi connectivity index (χ2v) is 11.5. The highest BCUT2D eigenvalue weighted by atomic mass is 16.5. The molecule has 0 aromatic heterocycles. The maximum absolute atomic E-state index is 13.1. The third-order valence-corrected chi connectivity index (χ3v) is 7.79. The van der Waals surface area contributed by atoms with E-state index < -0.39 is 24.0 Å². The molecule has 0 bridgehead atoms. The van der Waals surface area contributed by atoms with Crippen molar-refractivity contribution in [1.82, 2.24) is 10.6 Å². The molecule has 2 aliphatic rings. The Morgan fingerprint density at radius 2 is 1.57 bits per heavy atom. The molecule has 2 atom stereocenters. The molecule has 4 N–H and O–H groups in total. The van der Waals surface area contributed by atoms with Crippen LogP contribution in [-0.4, -0.2) is 42.9 Å². The van der Waals surface area contributed by atoms with E-state index in [1.807, 2.05) is 38.1 Å². The first kappa shape index (κ1) is 29.3. The zero-order chi connectivity index (χ0) is 28.6. The van der Waals surface area contributed by atoms with Gasteiger partial charge in [-0.2, -0.15) is 0 Å². The molecule has 0 heterocycles. The average molecular weight is 548 g/mol. The van der Waals surface area contributed by atoms with E-state index in [9.17, 15) is 19.2 Å². The predicted octanol–water partition coefficient (Wildman–Crippen LogP) is 4.70. The smallest absolute Gasteiger partial charge is 0.407 e. The van der Waals surface area contributed by atoms with Gasteiger partial charge in [0.05, 0.1) is 6.04 Å². The summed E-state index contributed by atoms with van der Waals surface area (Å²) in [5.41, 5.74) is 10.2. The van der Waals surface area contributed by atoms with Crippen molar-refractivity contribution in [3.63, 3.8) is 0 Å². The Morgan fingerprint density at radius 1 is 0.950 bits per heavy atom. The molecule has 8 nitrogen and oxygen atoms in total. The van der Waals surface area contributed by atoms with Crippen molar-refractivity contribution in [1.29, 1.82) is 0 Å². The fraction of sp³-hybridized carbons (Fsp3) is 0.500. The molecule has 0 unspecified atom stereocenters. The number of primary amides is 1. The molecule has 0 aliphatic heterocycles. The molecule has 2 aliphatic carbocycles. The zero-order valence-electron chi connectivity index (χ0n) is 23.5. The first-order valence-corrected chi connectivity index (χ1v) is 14.5. The number of fused-ring (bicyclic) bond motifs is 3. The SMILES string of the molecule is CC(C)C[C@H](CC(=O)[C@H](CCCCNC(=O)OCC1c2ccccc2-c2ccccc21)NC(=O)C1CC1)C(N)=O. The van der Waals surface area contributed by atoms with Gasteiger partial charge in [0.15, 0.2) is 5.78 Å². The van der Waals surface area contributed by atoms with Crippen LogP contribution in [0.2, 0.25) is 0 Å². The van der Waals surface area contributed by atoms with Crippen LogP contribution in [0.3, 0.4) is 0 Å². The summed E-state index contributed by atoms with van der Waals surface area (Å²) >= 11 is 0. The Labute approximate surface area is 236 Å². The molecule has 2 aromatic carbocycles. The van der Waals surface area contributed by atoms with Crippen LogP contribution in [0.15, 0.2) is 48.5 Å². The average Bonchev–Trinajstić information content (AvgIpc) is 3.73. The Kier molecular flexibility index (Phi) is 9.96. The molecule has 3 amide bonds. The summed E-state index contributed by atoms with van der Waals surface area (Å²) in [6.07, 6.45) is 3.46. The number of alkyl carbamates (subject to hydrolysis) is 1. The fourth-order valence-electron chi connectivity index (χ4n) is 5.52. The summed E-state index contributed by atoms with van der Waals surface area (Å²) in [6.45, 7) is 4.61. The molecule has 1 saturated carbocycles. The number of carbonyl (C=O) groups is 4. The van der Waals surface area contributed by atoms with E-state index in [1.165, 1.54) is 11.1 Å². The van der Waals surface area contributed by atoms with Crippen LogP contribution in [0.1, 0.15) is 75.8 Å². The van der Waals surface area contributed by atoms with Gasteiger partial charge in [-0.1, -0.05) is 62.4 Å². The van der Waals surface area contributed by atoms with Gasteiger partial charge in [0.2, 0.25) is 11.8 Å². The Balaban J connectivity index is 1.22. The van der Waals surface area contributed by atoms with Gasteiger partial charge >= 0.3 is 6.09 Å². The number of ketones is 1. The number of unbranched alkanes of at least 4 members (excludes halogenated alkanes) is 1. The standard InChI is InChI=1S/C32H41N3O5/c1-20(2)17-22(30(33)37)18-29(36)28(35-31(38)21-14-15-21)13-7-8-16-34-32(39)40-19-27-25-11-5-3-9-23(25)24-10-4-6-12-26(24)27/h3-6,9-12,20-22,27-28H,7-8,13-19H2,1-2H3,(H2,33,37)(H,34,39)(H,35,38)/t22-,28+/m1/s1. The number of nitrogens with one attached hydrogen (secondary N) is 2. The number of amides is 3. The number of Topliss-reactive ketones (excluding diaryl/α,β-unsaturated/α-hetero) is 1. The van der Waals surface area contributed by atoms with Crippen LogP contribution >= 0.6 is 0 Å². The number of rotatable bonds is 15. The summed E-state index contributed by atoms with van der Waals surface area (Å²) in [4.78, 5) is 49.8. The Hall–Kier alpha value is -3.68. The zero-order valence-corrected chi connectivity index (χ0v) is 23.5. The molecule has 0 saturated heterocycles. The topological polar surface area (TPSA) is 128 Å². The van der Waals surface area contributed by atoms with E-state index in [1.54, 1.807) is 0 Å². The van der Waals surface area contributed by atoms with Crippen LogP contribution in [0.5, 0.6) is 0 Å². The minimum atomic E-state index is -0.656. The third kappa shape index (κ3) is 7.71. The van der Waals surface area contributed by atoms with E-state index in [4.69, 9.17) is 10.5 Å². The number of carbonyl (C=O) groups excluding carboxylic acids is 4. The normalized spacial score (nSPS) is 15.6. The predicted molar refractivity (Wildman–Crippen MR) is 153 cm³/mol. The fourth-order valence-corrected chi connectivity index (χ4v) is 5.52. The van der Waals surface area contributed by atoms with E-state index in [-0.39, 0.29) is 42.5 Å². The third-order valence-electron chi connectivity index (χ3n) is 7.79. The molecule has 214 valence electrons. The number of benzene rings is 2. The van der Waals surface area contributed by atoms with E-state index in [2.05, 4.69) is 34.9 Å². The molecule has 4 rings (SSSR count). The molecule has 2 aromatic rings. The Bertz CT molecular complexity index is 1180. The van der Waals surface area contributed by atoms with Crippen molar-refractivity contribution in [3.05, 3.63) is 59.7 Å². The lowest BCUT2D eigenvalue weighted by atomic mass is 9.89.